The fraction of sp³-hybridized carbons (Fsp3) is 0.0909. The number of hydrogen-bond donors (Lipinski definition) is 2. The zero-order valence-corrected chi connectivity index (χ0v) is 17.0. The lowest BCUT2D eigenvalue weighted by molar-refractivity contribution is -0.119. The van der Waals surface area contributed by atoms with Gasteiger partial charge in [0.1, 0.15) is 12.4 Å². The molecule has 0 fully saturated rings. The summed E-state index contributed by atoms with van der Waals surface area (Å²) in [5, 5.41) is 8.29. The second kappa shape index (κ2) is 10.5. The molecule has 3 aromatic carbocycles. The molecular weight excluding hydrogens is 409 g/mol. The number of nitrogens with one attached hydrogen (secondary N) is 2. The number of nitrogens with zero attached hydrogens (tertiary/aromatic N) is 1. The number of carbonyl (C=O) groups excluding carboxylic acids is 1. The van der Waals surface area contributed by atoms with Gasteiger partial charge in [-0.3, -0.25) is 4.79 Å². The summed E-state index contributed by atoms with van der Waals surface area (Å²) in [5.74, 6) is 0.493. The topological polar surface area (TPSA) is 62.7 Å². The van der Waals surface area contributed by atoms with Gasteiger partial charge in [0, 0.05) is 15.7 Å². The number of benzene rings is 3. The van der Waals surface area contributed by atoms with Crippen LogP contribution in [-0.2, 0) is 11.4 Å². The Hall–Kier alpha value is -3.02. The molecule has 5 nitrogen and oxygen atoms in total. The Morgan fingerprint density at radius 2 is 1.52 bits per heavy atom. The van der Waals surface area contributed by atoms with Gasteiger partial charge in [0.15, 0.2) is 0 Å². The molecule has 0 heterocycles. The van der Waals surface area contributed by atoms with Crippen molar-refractivity contribution in [1.82, 2.24) is 5.43 Å². The van der Waals surface area contributed by atoms with Crippen LogP contribution in [0.2, 0.25) is 10.0 Å². The summed E-state index contributed by atoms with van der Waals surface area (Å²) in [7, 11) is 0. The Morgan fingerprint density at radius 3 is 2.17 bits per heavy atom. The Bertz CT molecular complexity index is 957. The van der Waals surface area contributed by atoms with Gasteiger partial charge in [0.25, 0.3) is 5.91 Å². The summed E-state index contributed by atoms with van der Waals surface area (Å²) in [6, 6.07) is 22.0. The smallest absolute Gasteiger partial charge is 0.259 e. The number of carbonyl (C=O) groups is 1. The number of anilines is 1. The minimum atomic E-state index is -0.251. The molecule has 3 rings (SSSR count). The van der Waals surface area contributed by atoms with Gasteiger partial charge < -0.3 is 10.1 Å². The number of rotatable bonds is 8. The zero-order chi connectivity index (χ0) is 20.5. The molecule has 7 heteroatoms. The number of ether oxygens (including phenoxy) is 1. The van der Waals surface area contributed by atoms with Crippen LogP contribution >= 0.6 is 23.2 Å². The van der Waals surface area contributed by atoms with Crippen LogP contribution in [-0.4, -0.2) is 18.7 Å². The molecular formula is C22H19Cl2N3O2. The Morgan fingerprint density at radius 1 is 0.897 bits per heavy atom. The summed E-state index contributed by atoms with van der Waals surface area (Å²) in [6.07, 6.45) is 1.57. The van der Waals surface area contributed by atoms with Crippen LogP contribution in [0.5, 0.6) is 5.75 Å². The SMILES string of the molecule is O=C(CNc1ccc(Cl)cc1)N/N=C\c1ccc(OCc2ccc(Cl)cc2)cc1. The number of amides is 1. The fourth-order valence-electron chi connectivity index (χ4n) is 2.37. The average molecular weight is 428 g/mol. The molecule has 29 heavy (non-hydrogen) atoms. The lowest BCUT2D eigenvalue weighted by atomic mass is 10.2. The van der Waals surface area contributed by atoms with Crippen molar-refractivity contribution in [2.45, 2.75) is 6.61 Å². The molecule has 0 aliphatic carbocycles. The van der Waals surface area contributed by atoms with Gasteiger partial charge in [0.05, 0.1) is 12.8 Å². The molecule has 148 valence electrons. The average Bonchev–Trinajstić information content (AvgIpc) is 2.74. The fourth-order valence-corrected chi connectivity index (χ4v) is 2.62. The van der Waals surface area contributed by atoms with E-state index in [9.17, 15) is 4.79 Å². The first-order valence-electron chi connectivity index (χ1n) is 8.87. The standard InChI is InChI=1S/C22H19Cl2N3O2/c23-18-5-1-17(2-6-18)15-29-21-11-3-16(4-12-21)13-26-27-22(28)14-25-20-9-7-19(24)8-10-20/h1-13,25H,14-15H2,(H,27,28)/b26-13-. The lowest BCUT2D eigenvalue weighted by Crippen LogP contribution is -2.25. The van der Waals surface area contributed by atoms with Gasteiger partial charge in [0.2, 0.25) is 0 Å². The molecule has 0 saturated carbocycles. The van der Waals surface area contributed by atoms with E-state index in [4.69, 9.17) is 27.9 Å². The molecule has 2 N–H and O–H groups in total. The van der Waals surface area contributed by atoms with Crippen molar-refractivity contribution >= 4 is 41.0 Å². The Labute approximate surface area is 179 Å². The first-order valence-corrected chi connectivity index (χ1v) is 9.63. The van der Waals surface area contributed by atoms with Crippen LogP contribution in [0.1, 0.15) is 11.1 Å². The van der Waals surface area contributed by atoms with Crippen LogP contribution in [0, 0.1) is 0 Å². The number of halogens is 2. The summed E-state index contributed by atoms with van der Waals surface area (Å²) in [5.41, 5.74) is 5.17. The maximum absolute atomic E-state index is 11.8. The molecule has 0 bridgehead atoms. The van der Waals surface area contributed by atoms with Crippen LogP contribution in [0.4, 0.5) is 5.69 Å². The molecule has 0 aromatic heterocycles. The molecule has 0 unspecified atom stereocenters. The van der Waals surface area contributed by atoms with Gasteiger partial charge in [-0.15, -0.1) is 0 Å². The summed E-state index contributed by atoms with van der Waals surface area (Å²) in [6.45, 7) is 0.567. The third-order valence-corrected chi connectivity index (χ3v) is 4.40. The minimum Gasteiger partial charge on any atom is -0.489 e. The highest BCUT2D eigenvalue weighted by Gasteiger charge is 2.00. The van der Waals surface area contributed by atoms with Crippen molar-refractivity contribution in [3.8, 4) is 5.75 Å². The Kier molecular flexibility index (Phi) is 7.50. The second-order valence-corrected chi connectivity index (χ2v) is 7.01. The van der Waals surface area contributed by atoms with E-state index in [0.717, 1.165) is 22.6 Å². The quantitative estimate of drug-likeness (QED) is 0.386. The van der Waals surface area contributed by atoms with Crippen molar-refractivity contribution in [2.24, 2.45) is 5.10 Å². The highest BCUT2D eigenvalue weighted by atomic mass is 35.5. The lowest BCUT2D eigenvalue weighted by Gasteiger charge is -2.07. The van der Waals surface area contributed by atoms with Gasteiger partial charge >= 0.3 is 0 Å². The van der Waals surface area contributed by atoms with Crippen LogP contribution in [0.15, 0.2) is 77.9 Å². The normalized spacial score (nSPS) is 10.7. The third kappa shape index (κ3) is 7.14. The maximum Gasteiger partial charge on any atom is 0.259 e. The first kappa shape index (κ1) is 20.7. The van der Waals surface area contributed by atoms with Crippen molar-refractivity contribution < 1.29 is 9.53 Å². The predicted molar refractivity (Wildman–Crippen MR) is 118 cm³/mol. The van der Waals surface area contributed by atoms with Crippen LogP contribution in [0.25, 0.3) is 0 Å². The van der Waals surface area contributed by atoms with Gasteiger partial charge in [-0.25, -0.2) is 5.43 Å². The molecule has 0 aliphatic rings. The summed E-state index contributed by atoms with van der Waals surface area (Å²) < 4.78 is 5.74. The molecule has 0 spiro atoms. The molecule has 0 aliphatic heterocycles. The molecule has 1 amide bonds. The van der Waals surface area contributed by atoms with E-state index in [1.807, 2.05) is 48.5 Å². The van der Waals surface area contributed by atoms with Gasteiger partial charge in [-0.05, 0) is 71.8 Å². The molecule has 0 radical (unpaired) electrons. The third-order valence-electron chi connectivity index (χ3n) is 3.90. The van der Waals surface area contributed by atoms with E-state index in [1.165, 1.54) is 0 Å². The number of hydrazone groups is 1. The highest BCUT2D eigenvalue weighted by molar-refractivity contribution is 6.30. The number of hydrogen-bond acceptors (Lipinski definition) is 4. The van der Waals surface area contributed by atoms with E-state index >= 15 is 0 Å². The minimum absolute atomic E-state index is 0.108. The van der Waals surface area contributed by atoms with E-state index in [1.54, 1.807) is 30.5 Å². The second-order valence-electron chi connectivity index (χ2n) is 6.14. The monoisotopic (exact) mass is 427 g/mol. The first-order chi connectivity index (χ1) is 14.1. The van der Waals surface area contributed by atoms with Crippen LogP contribution < -0.4 is 15.5 Å². The Balaban J connectivity index is 1.41. The van der Waals surface area contributed by atoms with E-state index in [0.29, 0.717) is 16.7 Å². The largest absolute Gasteiger partial charge is 0.489 e. The van der Waals surface area contributed by atoms with E-state index < -0.39 is 0 Å². The van der Waals surface area contributed by atoms with Crippen LogP contribution in [0.3, 0.4) is 0 Å². The maximum atomic E-state index is 11.8. The van der Waals surface area contributed by atoms with E-state index in [-0.39, 0.29) is 12.5 Å². The summed E-state index contributed by atoms with van der Waals surface area (Å²) in [4.78, 5) is 11.8. The van der Waals surface area contributed by atoms with Crippen molar-refractivity contribution in [1.29, 1.82) is 0 Å². The molecule has 3 aromatic rings. The zero-order valence-electron chi connectivity index (χ0n) is 15.4. The van der Waals surface area contributed by atoms with Gasteiger partial charge in [-0.1, -0.05) is 35.3 Å². The molecule has 0 saturated heterocycles. The molecule has 0 atom stereocenters. The predicted octanol–water partition coefficient (Wildman–Crippen LogP) is 5.13. The van der Waals surface area contributed by atoms with Gasteiger partial charge in [-0.2, -0.15) is 5.10 Å². The van der Waals surface area contributed by atoms with Crippen molar-refractivity contribution in [2.75, 3.05) is 11.9 Å². The van der Waals surface area contributed by atoms with E-state index in [2.05, 4.69) is 15.8 Å². The highest BCUT2D eigenvalue weighted by Crippen LogP contribution is 2.15. The summed E-state index contributed by atoms with van der Waals surface area (Å²) >= 11 is 11.7. The van der Waals surface area contributed by atoms with Crippen molar-refractivity contribution in [3.63, 3.8) is 0 Å². The van der Waals surface area contributed by atoms with Crippen molar-refractivity contribution in [3.05, 3.63) is 94.0 Å².